The lowest BCUT2D eigenvalue weighted by molar-refractivity contribution is -0.122. The predicted molar refractivity (Wildman–Crippen MR) is 114 cm³/mol. The molecular weight excluding hydrogens is 385 g/mol. The number of methoxy groups -OCH3 is 1. The third-order valence-electron chi connectivity index (χ3n) is 5.41. The van der Waals surface area contributed by atoms with Gasteiger partial charge in [0.05, 0.1) is 19.2 Å². The van der Waals surface area contributed by atoms with Gasteiger partial charge >= 0.3 is 5.97 Å². The third-order valence-corrected chi connectivity index (χ3v) is 5.41. The van der Waals surface area contributed by atoms with E-state index in [-0.39, 0.29) is 23.7 Å². The van der Waals surface area contributed by atoms with Crippen LogP contribution in [0.2, 0.25) is 0 Å². The molecule has 1 fully saturated rings. The van der Waals surface area contributed by atoms with E-state index in [1.165, 1.54) is 19.2 Å². The van der Waals surface area contributed by atoms with E-state index in [1.807, 2.05) is 12.1 Å². The van der Waals surface area contributed by atoms with E-state index in [9.17, 15) is 14.0 Å². The van der Waals surface area contributed by atoms with Crippen LogP contribution in [0.25, 0.3) is 0 Å². The smallest absolute Gasteiger partial charge is 0.337 e. The number of carbonyl (C=O) groups excluding carboxylic acids is 2. The van der Waals surface area contributed by atoms with Gasteiger partial charge < -0.3 is 15.0 Å². The van der Waals surface area contributed by atoms with Crippen LogP contribution in [0, 0.1) is 5.82 Å². The van der Waals surface area contributed by atoms with Crippen LogP contribution in [-0.2, 0) is 16.0 Å². The first kappa shape index (κ1) is 21.8. The van der Waals surface area contributed by atoms with Gasteiger partial charge in [0.2, 0.25) is 5.91 Å². The summed E-state index contributed by atoms with van der Waals surface area (Å²) in [5.41, 5.74) is 2.58. The molecule has 1 amide bonds. The number of nitrogens with zero attached hydrogens (tertiary/aromatic N) is 2. The van der Waals surface area contributed by atoms with Gasteiger partial charge in [-0.3, -0.25) is 9.69 Å². The Kier molecular flexibility index (Phi) is 7.41. The van der Waals surface area contributed by atoms with Crippen LogP contribution in [0.1, 0.15) is 22.8 Å². The monoisotopic (exact) mass is 413 g/mol. The molecule has 1 aliphatic heterocycles. The van der Waals surface area contributed by atoms with Crippen molar-refractivity contribution in [3.8, 4) is 0 Å². The summed E-state index contributed by atoms with van der Waals surface area (Å²) < 4.78 is 17.7. The number of hydrogen-bond acceptors (Lipinski definition) is 5. The van der Waals surface area contributed by atoms with Crippen molar-refractivity contribution in [1.29, 1.82) is 0 Å². The average molecular weight is 413 g/mol. The van der Waals surface area contributed by atoms with Crippen molar-refractivity contribution in [1.82, 2.24) is 10.2 Å². The number of rotatable bonds is 7. The molecular formula is C23H28FN3O3. The summed E-state index contributed by atoms with van der Waals surface area (Å²) in [5, 5.41) is 2.95. The van der Waals surface area contributed by atoms with Crippen LogP contribution in [-0.4, -0.2) is 62.7 Å². The molecule has 2 aromatic carbocycles. The van der Waals surface area contributed by atoms with Crippen LogP contribution in [0.3, 0.4) is 0 Å². The third kappa shape index (κ3) is 5.79. The number of ether oxygens (including phenoxy) is 1. The van der Waals surface area contributed by atoms with Crippen molar-refractivity contribution < 1.29 is 18.7 Å². The van der Waals surface area contributed by atoms with Crippen molar-refractivity contribution >= 4 is 17.6 Å². The van der Waals surface area contributed by atoms with Crippen molar-refractivity contribution in [3.05, 3.63) is 65.5 Å². The number of esters is 1. The van der Waals surface area contributed by atoms with Crippen LogP contribution in [0.15, 0.2) is 48.5 Å². The Morgan fingerprint density at radius 2 is 1.80 bits per heavy atom. The Morgan fingerprint density at radius 1 is 1.10 bits per heavy atom. The molecule has 6 nitrogen and oxygen atoms in total. The maximum absolute atomic E-state index is 12.9. The Hall–Kier alpha value is -2.93. The molecule has 30 heavy (non-hydrogen) atoms. The van der Waals surface area contributed by atoms with Gasteiger partial charge in [-0.05, 0) is 55.3 Å². The molecule has 2 aromatic rings. The molecule has 0 saturated carbocycles. The summed E-state index contributed by atoms with van der Waals surface area (Å²) in [5.74, 6) is -0.597. The number of amides is 1. The molecule has 0 bridgehead atoms. The second kappa shape index (κ2) is 10.2. The van der Waals surface area contributed by atoms with Crippen molar-refractivity contribution in [2.45, 2.75) is 19.4 Å². The van der Waals surface area contributed by atoms with Gasteiger partial charge in [-0.25, -0.2) is 9.18 Å². The number of anilines is 1. The summed E-state index contributed by atoms with van der Waals surface area (Å²) >= 11 is 0. The first-order valence-corrected chi connectivity index (χ1v) is 10.1. The first-order chi connectivity index (χ1) is 14.5. The lowest BCUT2D eigenvalue weighted by Gasteiger charge is -2.40. The lowest BCUT2D eigenvalue weighted by atomic mass is 10.1. The van der Waals surface area contributed by atoms with Crippen molar-refractivity contribution in [2.24, 2.45) is 0 Å². The largest absolute Gasteiger partial charge is 0.465 e. The van der Waals surface area contributed by atoms with Gasteiger partial charge in [0.1, 0.15) is 5.82 Å². The second-order valence-corrected chi connectivity index (χ2v) is 7.53. The fourth-order valence-electron chi connectivity index (χ4n) is 3.63. The molecule has 0 spiro atoms. The molecule has 1 saturated heterocycles. The van der Waals surface area contributed by atoms with E-state index in [4.69, 9.17) is 4.74 Å². The SMILES string of the molecule is COC(=O)c1ccc(N2CCN(CC(=O)NCCc3ccc(F)cc3)C(C)C2)cc1. The average Bonchev–Trinajstić information content (AvgIpc) is 2.76. The van der Waals surface area contributed by atoms with Crippen molar-refractivity contribution in [3.63, 3.8) is 0 Å². The molecule has 1 atom stereocenters. The zero-order valence-electron chi connectivity index (χ0n) is 17.4. The molecule has 1 aliphatic rings. The number of nitrogens with one attached hydrogen (secondary N) is 1. The highest BCUT2D eigenvalue weighted by atomic mass is 19.1. The second-order valence-electron chi connectivity index (χ2n) is 7.53. The quantitative estimate of drug-likeness (QED) is 0.707. The van der Waals surface area contributed by atoms with Crippen LogP contribution < -0.4 is 10.2 Å². The van der Waals surface area contributed by atoms with Gasteiger partial charge in [0.15, 0.2) is 0 Å². The minimum absolute atomic E-state index is 0.000146. The molecule has 1 unspecified atom stereocenters. The van der Waals surface area contributed by atoms with Gasteiger partial charge in [-0.1, -0.05) is 12.1 Å². The zero-order valence-corrected chi connectivity index (χ0v) is 17.4. The summed E-state index contributed by atoms with van der Waals surface area (Å²) in [7, 11) is 1.37. The topological polar surface area (TPSA) is 61.9 Å². The molecule has 0 radical (unpaired) electrons. The lowest BCUT2D eigenvalue weighted by Crippen LogP contribution is -2.54. The Bertz CT molecular complexity index is 855. The van der Waals surface area contributed by atoms with Crippen molar-refractivity contribution in [2.75, 3.05) is 44.7 Å². The van der Waals surface area contributed by atoms with E-state index in [1.54, 1.807) is 24.3 Å². The fraction of sp³-hybridized carbons (Fsp3) is 0.391. The predicted octanol–water partition coefficient (Wildman–Crippen LogP) is 2.48. The standard InChI is InChI=1S/C23H28FN3O3/c1-17-15-27(21-9-5-19(6-10-21)23(29)30-2)14-13-26(17)16-22(28)25-12-11-18-3-7-20(24)8-4-18/h3-10,17H,11-16H2,1-2H3,(H,25,28). The van der Waals surface area contributed by atoms with E-state index < -0.39 is 0 Å². The minimum Gasteiger partial charge on any atom is -0.465 e. The van der Waals surface area contributed by atoms with Crippen LogP contribution in [0.4, 0.5) is 10.1 Å². The Balaban J connectivity index is 1.44. The molecule has 7 heteroatoms. The highest BCUT2D eigenvalue weighted by Crippen LogP contribution is 2.20. The van der Waals surface area contributed by atoms with Gasteiger partial charge in [-0.2, -0.15) is 0 Å². The molecule has 0 aromatic heterocycles. The maximum atomic E-state index is 12.9. The number of halogens is 1. The number of piperazine rings is 1. The van der Waals surface area contributed by atoms with Gasteiger partial charge in [0.25, 0.3) is 0 Å². The molecule has 1 N–H and O–H groups in total. The van der Waals surface area contributed by atoms with E-state index in [0.29, 0.717) is 25.1 Å². The highest BCUT2D eigenvalue weighted by molar-refractivity contribution is 5.89. The van der Waals surface area contributed by atoms with Gasteiger partial charge in [0, 0.05) is 37.9 Å². The molecule has 1 heterocycles. The zero-order chi connectivity index (χ0) is 21.5. The maximum Gasteiger partial charge on any atom is 0.337 e. The van der Waals surface area contributed by atoms with Gasteiger partial charge in [-0.15, -0.1) is 0 Å². The number of benzene rings is 2. The molecule has 160 valence electrons. The Morgan fingerprint density at radius 3 is 2.43 bits per heavy atom. The summed E-state index contributed by atoms with van der Waals surface area (Å²) in [6, 6.07) is 14.0. The fourth-order valence-corrected chi connectivity index (χ4v) is 3.63. The minimum atomic E-state index is -0.342. The highest BCUT2D eigenvalue weighted by Gasteiger charge is 2.25. The van der Waals surface area contributed by atoms with E-state index >= 15 is 0 Å². The number of carbonyl (C=O) groups is 2. The Labute approximate surface area is 176 Å². The molecule has 3 rings (SSSR count). The first-order valence-electron chi connectivity index (χ1n) is 10.1. The van der Waals surface area contributed by atoms with Crippen LogP contribution in [0.5, 0.6) is 0 Å². The van der Waals surface area contributed by atoms with Crippen LogP contribution >= 0.6 is 0 Å². The summed E-state index contributed by atoms with van der Waals surface area (Å²) in [6.45, 7) is 5.41. The molecule has 0 aliphatic carbocycles. The summed E-state index contributed by atoms with van der Waals surface area (Å²) in [4.78, 5) is 28.3. The number of hydrogen-bond donors (Lipinski definition) is 1. The normalized spacial score (nSPS) is 16.9. The van der Waals surface area contributed by atoms with E-state index in [0.717, 1.165) is 30.9 Å². The van der Waals surface area contributed by atoms with E-state index in [2.05, 4.69) is 22.0 Å². The summed E-state index contributed by atoms with van der Waals surface area (Å²) in [6.07, 6.45) is 0.678.